The van der Waals surface area contributed by atoms with Crippen LogP contribution in [0.2, 0.25) is 0 Å². The molecule has 1 aliphatic rings. The second-order valence-electron chi connectivity index (χ2n) is 12.1. The van der Waals surface area contributed by atoms with Crippen molar-refractivity contribution in [3.05, 3.63) is 120 Å². The number of amides is 2. The van der Waals surface area contributed by atoms with Crippen molar-refractivity contribution in [3.63, 3.8) is 0 Å². The zero-order chi connectivity index (χ0) is 34.1. The first-order valence-corrected chi connectivity index (χ1v) is 17.6. The molecule has 1 aliphatic carbocycles. The molecule has 1 N–H and O–H groups in total. The van der Waals surface area contributed by atoms with Gasteiger partial charge < -0.3 is 19.7 Å². The van der Waals surface area contributed by atoms with E-state index in [1.54, 1.807) is 30.3 Å². The largest absolute Gasteiger partial charge is 0.497 e. The number of carbonyl (C=O) groups is 2. The molecule has 9 nitrogen and oxygen atoms in total. The van der Waals surface area contributed by atoms with E-state index in [9.17, 15) is 18.0 Å². The van der Waals surface area contributed by atoms with Crippen LogP contribution >= 0.6 is 0 Å². The Hall–Kier alpha value is -4.83. The SMILES string of the molecule is COc1ccc(OC)c(N(CC(=O)N(Cc2ccc(C)cc2)[C@H](Cc2ccccc2)C(=O)NC2CCCC2)S(=O)(=O)c2ccccc2)c1. The maximum Gasteiger partial charge on any atom is 0.264 e. The molecule has 0 unspecified atom stereocenters. The number of hydrogen-bond acceptors (Lipinski definition) is 6. The number of nitrogens with one attached hydrogen (secondary N) is 1. The van der Waals surface area contributed by atoms with Crippen molar-refractivity contribution >= 4 is 27.5 Å². The second-order valence-corrected chi connectivity index (χ2v) is 13.9. The molecule has 0 heterocycles. The third-order valence-electron chi connectivity index (χ3n) is 8.71. The Bertz CT molecular complexity index is 1780. The van der Waals surface area contributed by atoms with Crippen molar-refractivity contribution in [1.29, 1.82) is 0 Å². The highest BCUT2D eigenvalue weighted by Crippen LogP contribution is 2.36. The molecular formula is C38H43N3O6S. The van der Waals surface area contributed by atoms with E-state index < -0.39 is 28.5 Å². The molecule has 1 atom stereocenters. The Kier molecular flexibility index (Phi) is 11.4. The van der Waals surface area contributed by atoms with Gasteiger partial charge in [-0.2, -0.15) is 0 Å². The van der Waals surface area contributed by atoms with Gasteiger partial charge in [0.05, 0.1) is 24.8 Å². The fraction of sp³-hybridized carbons (Fsp3) is 0.316. The van der Waals surface area contributed by atoms with E-state index in [1.165, 1.54) is 37.3 Å². The third kappa shape index (κ3) is 8.36. The number of methoxy groups -OCH3 is 2. The van der Waals surface area contributed by atoms with E-state index in [2.05, 4.69) is 5.32 Å². The van der Waals surface area contributed by atoms with E-state index >= 15 is 0 Å². The topological polar surface area (TPSA) is 105 Å². The van der Waals surface area contributed by atoms with Crippen LogP contribution in [-0.2, 0) is 32.6 Å². The average Bonchev–Trinajstić information content (AvgIpc) is 3.63. The van der Waals surface area contributed by atoms with Crippen LogP contribution in [0.1, 0.15) is 42.4 Å². The van der Waals surface area contributed by atoms with Crippen molar-refractivity contribution in [3.8, 4) is 11.5 Å². The number of aryl methyl sites for hydroxylation is 1. The lowest BCUT2D eigenvalue weighted by molar-refractivity contribution is -0.140. The lowest BCUT2D eigenvalue weighted by Gasteiger charge is -2.34. The molecule has 0 radical (unpaired) electrons. The molecule has 4 aromatic rings. The maximum atomic E-state index is 14.8. The van der Waals surface area contributed by atoms with Gasteiger partial charge in [0.1, 0.15) is 24.1 Å². The summed E-state index contributed by atoms with van der Waals surface area (Å²) in [5.41, 5.74) is 2.90. The summed E-state index contributed by atoms with van der Waals surface area (Å²) in [5, 5.41) is 3.20. The van der Waals surface area contributed by atoms with Gasteiger partial charge >= 0.3 is 0 Å². The summed E-state index contributed by atoms with van der Waals surface area (Å²) in [4.78, 5) is 30.5. The molecule has 0 aromatic heterocycles. The Balaban J connectivity index is 1.60. The van der Waals surface area contributed by atoms with Crippen LogP contribution in [0.5, 0.6) is 11.5 Å². The van der Waals surface area contributed by atoms with Crippen LogP contribution < -0.4 is 19.1 Å². The van der Waals surface area contributed by atoms with Gasteiger partial charge in [-0.25, -0.2) is 8.42 Å². The fourth-order valence-electron chi connectivity index (χ4n) is 6.04. The summed E-state index contributed by atoms with van der Waals surface area (Å²) in [7, 11) is -1.38. The first-order valence-electron chi connectivity index (χ1n) is 16.2. The molecular weight excluding hydrogens is 627 g/mol. The Morgan fingerprint density at radius 3 is 2.10 bits per heavy atom. The number of rotatable bonds is 14. The van der Waals surface area contributed by atoms with Crippen molar-refractivity contribution in [2.75, 3.05) is 25.1 Å². The summed E-state index contributed by atoms with van der Waals surface area (Å²) in [6.45, 7) is 1.49. The van der Waals surface area contributed by atoms with Crippen LogP contribution in [0.15, 0.2) is 108 Å². The minimum Gasteiger partial charge on any atom is -0.497 e. The molecule has 0 spiro atoms. The quantitative estimate of drug-likeness (QED) is 0.179. The highest BCUT2D eigenvalue weighted by molar-refractivity contribution is 7.92. The lowest BCUT2D eigenvalue weighted by Crippen LogP contribution is -2.54. The molecule has 2 amide bonds. The van der Waals surface area contributed by atoms with Gasteiger partial charge in [0.2, 0.25) is 11.8 Å². The van der Waals surface area contributed by atoms with Crippen LogP contribution in [0.4, 0.5) is 5.69 Å². The van der Waals surface area contributed by atoms with Gasteiger partial charge in [0.15, 0.2) is 0 Å². The molecule has 48 heavy (non-hydrogen) atoms. The van der Waals surface area contributed by atoms with Crippen molar-refractivity contribution in [2.45, 2.75) is 62.6 Å². The van der Waals surface area contributed by atoms with E-state index in [1.807, 2.05) is 61.5 Å². The van der Waals surface area contributed by atoms with Crippen molar-refractivity contribution in [2.24, 2.45) is 0 Å². The monoisotopic (exact) mass is 669 g/mol. The minimum absolute atomic E-state index is 0.00701. The molecule has 10 heteroatoms. The highest BCUT2D eigenvalue weighted by Gasteiger charge is 2.36. The fourth-order valence-corrected chi connectivity index (χ4v) is 7.47. The smallest absolute Gasteiger partial charge is 0.264 e. The Labute approximate surface area is 283 Å². The maximum absolute atomic E-state index is 14.8. The van der Waals surface area contributed by atoms with Crippen LogP contribution in [0.3, 0.4) is 0 Å². The van der Waals surface area contributed by atoms with Crippen LogP contribution in [-0.4, -0.2) is 58.0 Å². The number of ether oxygens (including phenoxy) is 2. The van der Waals surface area contributed by atoms with Gasteiger partial charge in [-0.3, -0.25) is 13.9 Å². The Morgan fingerprint density at radius 1 is 0.833 bits per heavy atom. The third-order valence-corrected chi connectivity index (χ3v) is 10.5. The van der Waals surface area contributed by atoms with Gasteiger partial charge in [-0.05, 0) is 55.2 Å². The standard InChI is InChI=1S/C38H43N3O6S/c1-28-18-20-30(21-19-28)26-40(35(24-29-12-6-4-7-13-29)38(43)39-31-14-10-11-15-31)37(42)27-41(48(44,45)33-16-8-5-9-17-33)34-25-32(46-2)22-23-36(34)47-3/h4-9,12-13,16-23,25,31,35H,10-11,14-15,24,26-27H2,1-3H3,(H,39,43)/t35-/m1/s1. The van der Waals surface area contributed by atoms with Gasteiger partial charge in [0.25, 0.3) is 10.0 Å². The van der Waals surface area contributed by atoms with E-state index in [4.69, 9.17) is 9.47 Å². The second kappa shape index (κ2) is 15.8. The summed E-state index contributed by atoms with van der Waals surface area (Å²) >= 11 is 0. The zero-order valence-corrected chi connectivity index (χ0v) is 28.5. The van der Waals surface area contributed by atoms with Gasteiger partial charge in [-0.1, -0.05) is 91.2 Å². The molecule has 0 bridgehead atoms. The number of hydrogen-bond donors (Lipinski definition) is 1. The summed E-state index contributed by atoms with van der Waals surface area (Å²) in [5.74, 6) is -0.168. The molecule has 0 saturated heterocycles. The lowest BCUT2D eigenvalue weighted by atomic mass is 10.0. The van der Waals surface area contributed by atoms with Gasteiger partial charge in [0, 0.05) is 25.1 Å². The predicted molar refractivity (Wildman–Crippen MR) is 187 cm³/mol. The van der Waals surface area contributed by atoms with Crippen molar-refractivity contribution < 1.29 is 27.5 Å². The first kappa shape index (κ1) is 34.5. The number of carbonyl (C=O) groups excluding carboxylic acids is 2. The first-order chi connectivity index (χ1) is 23.2. The Morgan fingerprint density at radius 2 is 1.48 bits per heavy atom. The van der Waals surface area contributed by atoms with Crippen molar-refractivity contribution in [1.82, 2.24) is 10.2 Å². The molecule has 0 aliphatic heterocycles. The molecule has 5 rings (SSSR count). The molecule has 252 valence electrons. The molecule has 1 fully saturated rings. The average molecular weight is 670 g/mol. The van der Waals surface area contributed by atoms with E-state index in [0.29, 0.717) is 5.75 Å². The number of anilines is 1. The zero-order valence-electron chi connectivity index (χ0n) is 27.7. The molecule has 4 aromatic carbocycles. The van der Waals surface area contributed by atoms with Crippen LogP contribution in [0, 0.1) is 6.92 Å². The number of nitrogens with zero attached hydrogens (tertiary/aromatic N) is 2. The summed E-state index contributed by atoms with van der Waals surface area (Å²) in [6.07, 6.45) is 4.09. The number of benzene rings is 4. The summed E-state index contributed by atoms with van der Waals surface area (Å²) in [6, 6.07) is 29.2. The van der Waals surface area contributed by atoms with Crippen LogP contribution in [0.25, 0.3) is 0 Å². The predicted octanol–water partition coefficient (Wildman–Crippen LogP) is 5.91. The minimum atomic E-state index is -4.29. The van der Waals surface area contributed by atoms with E-state index in [-0.39, 0.29) is 41.2 Å². The highest BCUT2D eigenvalue weighted by atomic mass is 32.2. The summed E-state index contributed by atoms with van der Waals surface area (Å²) < 4.78 is 40.8. The normalized spacial score (nSPS) is 13.8. The number of sulfonamides is 1. The molecule has 1 saturated carbocycles. The van der Waals surface area contributed by atoms with E-state index in [0.717, 1.165) is 46.7 Å². The van der Waals surface area contributed by atoms with Gasteiger partial charge in [-0.15, -0.1) is 0 Å².